The van der Waals surface area contributed by atoms with Gasteiger partial charge < -0.3 is 10.2 Å². The summed E-state index contributed by atoms with van der Waals surface area (Å²) in [7, 11) is -2.85. The van der Waals surface area contributed by atoms with E-state index in [4.69, 9.17) is 0 Å². The van der Waals surface area contributed by atoms with Crippen molar-refractivity contribution in [3.05, 3.63) is 35.9 Å². The minimum Gasteiger partial charge on any atom is -0.313 e. The highest BCUT2D eigenvalue weighted by Crippen LogP contribution is 2.15. The molecule has 5 heteroatoms. The number of piperidine rings is 1. The molecular formula is C17H28N2O2S. The summed E-state index contributed by atoms with van der Waals surface area (Å²) in [5.74, 6) is 0.792. The van der Waals surface area contributed by atoms with Gasteiger partial charge in [0.1, 0.15) is 9.84 Å². The Balaban J connectivity index is 1.67. The van der Waals surface area contributed by atoms with Crippen molar-refractivity contribution in [2.75, 3.05) is 38.2 Å². The van der Waals surface area contributed by atoms with Gasteiger partial charge in [0.2, 0.25) is 0 Å². The van der Waals surface area contributed by atoms with Crippen molar-refractivity contribution in [2.45, 2.75) is 31.7 Å². The van der Waals surface area contributed by atoms with Gasteiger partial charge in [-0.3, -0.25) is 0 Å². The van der Waals surface area contributed by atoms with Crippen molar-refractivity contribution in [3.63, 3.8) is 0 Å². The Morgan fingerprint density at radius 3 is 2.45 bits per heavy atom. The van der Waals surface area contributed by atoms with Gasteiger partial charge in [0.15, 0.2) is 0 Å². The highest BCUT2D eigenvalue weighted by Gasteiger charge is 2.20. The lowest BCUT2D eigenvalue weighted by Crippen LogP contribution is -2.44. The molecule has 1 fully saturated rings. The van der Waals surface area contributed by atoms with Crippen molar-refractivity contribution < 1.29 is 8.42 Å². The summed E-state index contributed by atoms with van der Waals surface area (Å²) < 4.78 is 22.4. The summed E-state index contributed by atoms with van der Waals surface area (Å²) in [6.07, 6.45) is 3.52. The zero-order valence-electron chi connectivity index (χ0n) is 13.7. The molecule has 1 atom stereocenters. The van der Waals surface area contributed by atoms with Crippen LogP contribution in [-0.2, 0) is 9.84 Å². The molecule has 0 aliphatic carbocycles. The lowest BCUT2D eigenvalue weighted by molar-refractivity contribution is 0.206. The van der Waals surface area contributed by atoms with Gasteiger partial charge >= 0.3 is 0 Å². The molecule has 0 saturated carbocycles. The second-order valence-electron chi connectivity index (χ2n) is 6.47. The number of hydrogen-bond acceptors (Lipinski definition) is 4. The number of benzene rings is 1. The Kier molecular flexibility index (Phi) is 6.41. The SMILES string of the molecule is C[C@@H](CNC1CCN(CCS(C)(=O)=O)CC1)c1ccccc1. The zero-order chi connectivity index (χ0) is 16.0. The summed E-state index contributed by atoms with van der Waals surface area (Å²) in [5, 5.41) is 3.67. The lowest BCUT2D eigenvalue weighted by atomic mass is 9.99. The third kappa shape index (κ3) is 6.07. The van der Waals surface area contributed by atoms with E-state index in [0.29, 0.717) is 18.5 Å². The average Bonchev–Trinajstić information content (AvgIpc) is 2.52. The largest absolute Gasteiger partial charge is 0.313 e. The zero-order valence-corrected chi connectivity index (χ0v) is 14.5. The first-order valence-corrected chi connectivity index (χ1v) is 10.2. The second kappa shape index (κ2) is 8.09. The van der Waals surface area contributed by atoms with Gasteiger partial charge in [-0.25, -0.2) is 8.42 Å². The topological polar surface area (TPSA) is 49.4 Å². The first-order valence-electron chi connectivity index (χ1n) is 8.12. The van der Waals surface area contributed by atoms with E-state index in [1.807, 2.05) is 0 Å². The van der Waals surface area contributed by atoms with Crippen LogP contribution < -0.4 is 5.32 Å². The molecule has 2 rings (SSSR count). The molecule has 4 nitrogen and oxygen atoms in total. The summed E-state index contributed by atoms with van der Waals surface area (Å²) in [5.41, 5.74) is 1.38. The van der Waals surface area contributed by atoms with Crippen LogP contribution in [0.25, 0.3) is 0 Å². The van der Waals surface area contributed by atoms with Crippen LogP contribution in [0, 0.1) is 0 Å². The summed E-state index contributed by atoms with van der Waals surface area (Å²) in [6, 6.07) is 11.1. The van der Waals surface area contributed by atoms with E-state index in [9.17, 15) is 8.42 Å². The predicted octanol–water partition coefficient (Wildman–Crippen LogP) is 1.89. The van der Waals surface area contributed by atoms with Gasteiger partial charge in [0.25, 0.3) is 0 Å². The molecule has 1 aromatic rings. The highest BCUT2D eigenvalue weighted by atomic mass is 32.2. The van der Waals surface area contributed by atoms with Gasteiger partial charge in [0, 0.05) is 25.4 Å². The fraction of sp³-hybridized carbons (Fsp3) is 0.647. The molecule has 0 spiro atoms. The molecule has 0 radical (unpaired) electrons. The van der Waals surface area contributed by atoms with Gasteiger partial charge in [-0.05, 0) is 37.4 Å². The van der Waals surface area contributed by atoms with Crippen molar-refractivity contribution in [3.8, 4) is 0 Å². The van der Waals surface area contributed by atoms with Crippen LogP contribution in [-0.4, -0.2) is 57.5 Å². The quantitative estimate of drug-likeness (QED) is 0.832. The number of rotatable bonds is 7. The molecule has 0 amide bonds. The molecule has 0 aromatic heterocycles. The van der Waals surface area contributed by atoms with Crippen molar-refractivity contribution in [1.82, 2.24) is 10.2 Å². The predicted molar refractivity (Wildman–Crippen MR) is 92.0 cm³/mol. The number of likely N-dealkylation sites (tertiary alicyclic amines) is 1. The minimum atomic E-state index is -2.85. The van der Waals surface area contributed by atoms with E-state index in [2.05, 4.69) is 47.5 Å². The van der Waals surface area contributed by atoms with Crippen LogP contribution in [0.3, 0.4) is 0 Å². The Morgan fingerprint density at radius 2 is 1.86 bits per heavy atom. The molecule has 1 heterocycles. The smallest absolute Gasteiger partial charge is 0.148 e. The summed E-state index contributed by atoms with van der Waals surface area (Å²) in [4.78, 5) is 2.26. The fourth-order valence-corrected chi connectivity index (χ4v) is 3.49. The van der Waals surface area contributed by atoms with Crippen LogP contribution in [0.1, 0.15) is 31.2 Å². The maximum Gasteiger partial charge on any atom is 0.148 e. The van der Waals surface area contributed by atoms with Gasteiger partial charge in [0.05, 0.1) is 5.75 Å². The Morgan fingerprint density at radius 1 is 1.23 bits per heavy atom. The third-order valence-corrected chi connectivity index (χ3v) is 5.37. The van der Waals surface area contributed by atoms with Crippen LogP contribution in [0.5, 0.6) is 0 Å². The van der Waals surface area contributed by atoms with E-state index >= 15 is 0 Å². The lowest BCUT2D eigenvalue weighted by Gasteiger charge is -2.32. The van der Waals surface area contributed by atoms with Crippen molar-refractivity contribution >= 4 is 9.84 Å². The second-order valence-corrected chi connectivity index (χ2v) is 8.73. The molecule has 1 aliphatic heterocycles. The number of hydrogen-bond donors (Lipinski definition) is 1. The van der Waals surface area contributed by atoms with Crippen molar-refractivity contribution in [2.24, 2.45) is 0 Å². The van der Waals surface area contributed by atoms with Crippen LogP contribution in [0.2, 0.25) is 0 Å². The summed E-state index contributed by atoms with van der Waals surface area (Å²) >= 11 is 0. The Hall–Kier alpha value is -0.910. The van der Waals surface area contributed by atoms with Crippen molar-refractivity contribution in [1.29, 1.82) is 0 Å². The van der Waals surface area contributed by atoms with E-state index in [1.165, 1.54) is 11.8 Å². The van der Waals surface area contributed by atoms with Gasteiger partial charge in [-0.1, -0.05) is 37.3 Å². The maximum absolute atomic E-state index is 11.2. The van der Waals surface area contributed by atoms with E-state index < -0.39 is 9.84 Å². The standard InChI is InChI=1S/C17H28N2O2S/c1-15(16-6-4-3-5-7-16)14-18-17-8-10-19(11-9-17)12-13-22(2,20)21/h3-7,15,17-18H,8-14H2,1-2H3/t15-/m0/s1. The number of nitrogens with zero attached hydrogens (tertiary/aromatic N) is 1. The molecule has 1 N–H and O–H groups in total. The molecule has 124 valence electrons. The number of nitrogens with one attached hydrogen (secondary N) is 1. The summed E-state index contributed by atoms with van der Waals surface area (Å²) in [6.45, 7) is 5.91. The molecule has 1 aromatic carbocycles. The molecule has 0 bridgehead atoms. The molecular weight excluding hydrogens is 296 g/mol. The molecule has 1 saturated heterocycles. The fourth-order valence-electron chi connectivity index (χ4n) is 2.90. The Labute approximate surface area is 134 Å². The Bertz CT molecular complexity index is 537. The first-order chi connectivity index (χ1) is 10.4. The number of sulfone groups is 1. The van der Waals surface area contributed by atoms with E-state index in [1.54, 1.807) is 0 Å². The van der Waals surface area contributed by atoms with Crippen LogP contribution >= 0.6 is 0 Å². The highest BCUT2D eigenvalue weighted by molar-refractivity contribution is 7.90. The van der Waals surface area contributed by atoms with Gasteiger partial charge in [-0.2, -0.15) is 0 Å². The van der Waals surface area contributed by atoms with E-state index in [-0.39, 0.29) is 5.75 Å². The molecule has 0 unspecified atom stereocenters. The van der Waals surface area contributed by atoms with Crippen LogP contribution in [0.15, 0.2) is 30.3 Å². The maximum atomic E-state index is 11.2. The third-order valence-electron chi connectivity index (χ3n) is 4.45. The van der Waals surface area contributed by atoms with E-state index in [0.717, 1.165) is 32.5 Å². The molecule has 1 aliphatic rings. The normalized spacial score (nSPS) is 19.2. The average molecular weight is 324 g/mol. The first kappa shape index (κ1) is 17.4. The van der Waals surface area contributed by atoms with Crippen LogP contribution in [0.4, 0.5) is 0 Å². The monoisotopic (exact) mass is 324 g/mol. The molecule has 22 heavy (non-hydrogen) atoms. The van der Waals surface area contributed by atoms with Gasteiger partial charge in [-0.15, -0.1) is 0 Å². The minimum absolute atomic E-state index is 0.274.